The quantitative estimate of drug-likeness (QED) is 0.330. The zero-order valence-corrected chi connectivity index (χ0v) is 18.1. The highest BCUT2D eigenvalue weighted by Gasteiger charge is 2.38. The minimum Gasteiger partial charge on any atom is -0.426 e. The van der Waals surface area contributed by atoms with Gasteiger partial charge in [0.2, 0.25) is 5.91 Å². The van der Waals surface area contributed by atoms with Crippen LogP contribution in [0.1, 0.15) is 24.4 Å². The van der Waals surface area contributed by atoms with Crippen molar-refractivity contribution in [2.75, 3.05) is 5.32 Å². The van der Waals surface area contributed by atoms with Crippen molar-refractivity contribution in [3.63, 3.8) is 0 Å². The molecular weight excluding hydrogens is 408 g/mol. The molecule has 156 valence electrons. The van der Waals surface area contributed by atoms with Crippen LogP contribution in [-0.4, -0.2) is 16.9 Å². The number of nitrogens with one attached hydrogen (secondary N) is 1. The van der Waals surface area contributed by atoms with Gasteiger partial charge in [-0.1, -0.05) is 42.5 Å². The first-order valence-corrected chi connectivity index (χ1v) is 10.8. The zero-order chi connectivity index (χ0) is 21.8. The number of thiazole rings is 1. The van der Waals surface area contributed by atoms with Gasteiger partial charge in [-0.2, -0.15) is 0 Å². The minimum atomic E-state index is -0.911. The molecule has 1 heterocycles. The first kappa shape index (κ1) is 20.8. The van der Waals surface area contributed by atoms with Gasteiger partial charge in [0.1, 0.15) is 5.75 Å². The van der Waals surface area contributed by atoms with E-state index in [2.05, 4.69) is 5.32 Å². The third-order valence-corrected chi connectivity index (χ3v) is 6.13. The first-order valence-electron chi connectivity index (χ1n) is 9.94. The van der Waals surface area contributed by atoms with Gasteiger partial charge in [-0.3, -0.25) is 9.59 Å². The molecule has 0 aliphatic rings. The maximum atomic E-state index is 13.4. The van der Waals surface area contributed by atoms with Crippen molar-refractivity contribution in [2.45, 2.75) is 25.7 Å². The fraction of sp³-hybridized carbons (Fsp3) is 0.160. The maximum Gasteiger partial charge on any atom is 0.322 e. The number of aromatic nitrogens is 1. The number of hydrogen-bond acceptors (Lipinski definition) is 5. The molecule has 4 aromatic rings. The Hall–Kier alpha value is -3.51. The van der Waals surface area contributed by atoms with Gasteiger partial charge in [0.25, 0.3) is 0 Å². The van der Waals surface area contributed by atoms with E-state index in [0.717, 1.165) is 20.8 Å². The van der Waals surface area contributed by atoms with Gasteiger partial charge in [0.05, 0.1) is 20.6 Å². The lowest BCUT2D eigenvalue weighted by Gasteiger charge is -2.27. The van der Waals surface area contributed by atoms with Crippen LogP contribution < -0.4 is 10.1 Å². The van der Waals surface area contributed by atoms with Gasteiger partial charge in [0.15, 0.2) is 0 Å². The van der Waals surface area contributed by atoms with E-state index in [1.54, 1.807) is 35.6 Å². The SMILES string of the molecule is CC(=O)Nc1ccc(OC(=O)[C@@](C)(Cc2nc3ccccc3s2)c2ccccc2)cc1. The van der Waals surface area contributed by atoms with Crippen LogP contribution in [0, 0.1) is 0 Å². The number of esters is 1. The van der Waals surface area contributed by atoms with Crippen molar-refractivity contribution in [3.05, 3.63) is 89.4 Å². The number of para-hydroxylation sites is 1. The molecule has 0 saturated carbocycles. The van der Waals surface area contributed by atoms with E-state index in [0.29, 0.717) is 17.9 Å². The molecule has 1 amide bonds. The highest BCUT2D eigenvalue weighted by atomic mass is 32.1. The summed E-state index contributed by atoms with van der Waals surface area (Å²) >= 11 is 1.59. The molecule has 0 spiro atoms. The van der Waals surface area contributed by atoms with Gasteiger partial charge >= 0.3 is 5.97 Å². The second kappa shape index (κ2) is 8.70. The number of rotatable bonds is 6. The number of hydrogen-bond donors (Lipinski definition) is 1. The molecule has 0 fully saturated rings. The van der Waals surface area contributed by atoms with E-state index in [1.165, 1.54) is 6.92 Å². The van der Waals surface area contributed by atoms with Crippen LogP contribution in [-0.2, 0) is 21.4 Å². The highest BCUT2D eigenvalue weighted by Crippen LogP contribution is 2.33. The van der Waals surface area contributed by atoms with Crippen LogP contribution in [0.4, 0.5) is 5.69 Å². The predicted molar refractivity (Wildman–Crippen MR) is 123 cm³/mol. The van der Waals surface area contributed by atoms with Gasteiger partial charge in [-0.25, -0.2) is 4.98 Å². The Morgan fingerprint density at radius 1 is 0.968 bits per heavy atom. The molecule has 4 rings (SSSR count). The molecule has 0 bridgehead atoms. The second-order valence-corrected chi connectivity index (χ2v) is 8.66. The molecule has 1 N–H and O–H groups in total. The molecule has 5 nitrogen and oxygen atoms in total. The topological polar surface area (TPSA) is 68.3 Å². The Morgan fingerprint density at radius 2 is 1.65 bits per heavy atom. The van der Waals surface area contributed by atoms with Crippen LogP contribution in [0.25, 0.3) is 10.2 Å². The number of carbonyl (C=O) groups is 2. The molecule has 0 unspecified atom stereocenters. The fourth-order valence-corrected chi connectivity index (χ4v) is 4.55. The summed E-state index contributed by atoms with van der Waals surface area (Å²) in [7, 11) is 0. The fourth-order valence-electron chi connectivity index (χ4n) is 3.43. The molecule has 6 heteroatoms. The monoisotopic (exact) mass is 430 g/mol. The smallest absolute Gasteiger partial charge is 0.322 e. The highest BCUT2D eigenvalue weighted by molar-refractivity contribution is 7.18. The second-order valence-electron chi connectivity index (χ2n) is 7.55. The zero-order valence-electron chi connectivity index (χ0n) is 17.3. The minimum absolute atomic E-state index is 0.155. The summed E-state index contributed by atoms with van der Waals surface area (Å²) in [5, 5.41) is 3.58. The summed E-state index contributed by atoms with van der Waals surface area (Å²) in [6.07, 6.45) is 0.430. The van der Waals surface area contributed by atoms with Crippen molar-refractivity contribution in [3.8, 4) is 5.75 Å². The van der Waals surface area contributed by atoms with Crippen LogP contribution in [0.5, 0.6) is 5.75 Å². The normalized spacial score (nSPS) is 12.8. The van der Waals surface area contributed by atoms with E-state index < -0.39 is 5.41 Å². The van der Waals surface area contributed by atoms with E-state index in [1.807, 2.05) is 61.5 Å². The van der Waals surface area contributed by atoms with Gasteiger partial charge < -0.3 is 10.1 Å². The standard InChI is InChI=1S/C25H22N2O3S/c1-17(28)26-19-12-14-20(15-13-19)30-24(29)25(2,18-8-4-3-5-9-18)16-23-27-21-10-6-7-11-22(21)31-23/h3-15H,16H2,1-2H3,(H,26,28)/t25-/m0/s1. The first-order chi connectivity index (χ1) is 14.9. The number of fused-ring (bicyclic) bond motifs is 1. The lowest BCUT2D eigenvalue weighted by molar-refractivity contribution is -0.140. The van der Waals surface area contributed by atoms with Crippen molar-refractivity contribution in [1.82, 2.24) is 4.98 Å². The lowest BCUT2D eigenvalue weighted by Crippen LogP contribution is -2.38. The van der Waals surface area contributed by atoms with Crippen molar-refractivity contribution in [2.24, 2.45) is 0 Å². The van der Waals surface area contributed by atoms with Gasteiger partial charge in [0, 0.05) is 19.0 Å². The van der Waals surface area contributed by atoms with Gasteiger partial charge in [-0.15, -0.1) is 11.3 Å². The Morgan fingerprint density at radius 3 is 2.32 bits per heavy atom. The molecule has 1 atom stereocenters. The third kappa shape index (κ3) is 4.64. The maximum absolute atomic E-state index is 13.4. The van der Waals surface area contributed by atoms with Crippen molar-refractivity contribution < 1.29 is 14.3 Å². The third-order valence-electron chi connectivity index (χ3n) is 5.09. The van der Waals surface area contributed by atoms with Crippen LogP contribution in [0.2, 0.25) is 0 Å². The van der Waals surface area contributed by atoms with Crippen LogP contribution in [0.3, 0.4) is 0 Å². The van der Waals surface area contributed by atoms with Crippen LogP contribution >= 0.6 is 11.3 Å². The Kier molecular flexibility index (Phi) is 5.82. The molecular formula is C25H22N2O3S. The molecule has 0 aliphatic carbocycles. The Balaban J connectivity index is 1.62. The van der Waals surface area contributed by atoms with E-state index in [9.17, 15) is 9.59 Å². The molecule has 1 aromatic heterocycles. The summed E-state index contributed by atoms with van der Waals surface area (Å²) in [4.78, 5) is 29.3. The number of benzene rings is 3. The van der Waals surface area contributed by atoms with E-state index in [-0.39, 0.29) is 11.9 Å². The molecule has 31 heavy (non-hydrogen) atoms. The van der Waals surface area contributed by atoms with E-state index in [4.69, 9.17) is 9.72 Å². The van der Waals surface area contributed by atoms with Crippen molar-refractivity contribution in [1.29, 1.82) is 0 Å². The Bertz CT molecular complexity index is 1190. The number of anilines is 1. The molecule has 0 radical (unpaired) electrons. The van der Waals surface area contributed by atoms with E-state index >= 15 is 0 Å². The van der Waals surface area contributed by atoms with Crippen molar-refractivity contribution >= 4 is 39.1 Å². The largest absolute Gasteiger partial charge is 0.426 e. The molecule has 0 aliphatic heterocycles. The summed E-state index contributed by atoms with van der Waals surface area (Å²) < 4.78 is 6.86. The molecule has 3 aromatic carbocycles. The number of nitrogens with zero attached hydrogens (tertiary/aromatic N) is 1. The Labute approximate surface area is 184 Å². The number of ether oxygens (including phenoxy) is 1. The molecule has 0 saturated heterocycles. The van der Waals surface area contributed by atoms with Crippen LogP contribution in [0.15, 0.2) is 78.9 Å². The average Bonchev–Trinajstić information content (AvgIpc) is 3.17. The number of amides is 1. The summed E-state index contributed by atoms with van der Waals surface area (Å²) in [5.74, 6) is -0.0898. The summed E-state index contributed by atoms with van der Waals surface area (Å²) in [6.45, 7) is 3.34. The summed E-state index contributed by atoms with van der Waals surface area (Å²) in [6, 6.07) is 24.4. The average molecular weight is 431 g/mol. The number of carbonyl (C=O) groups excluding carboxylic acids is 2. The predicted octanol–water partition coefficient (Wildman–Crippen LogP) is 5.36. The summed E-state index contributed by atoms with van der Waals surface area (Å²) in [5.41, 5.74) is 1.53. The lowest BCUT2D eigenvalue weighted by atomic mass is 9.79. The van der Waals surface area contributed by atoms with Gasteiger partial charge in [-0.05, 0) is 48.9 Å².